The molecule has 1 N–H and O–H groups in total. The molecular formula is C10H11N2O+. The lowest BCUT2D eigenvalue weighted by atomic mass is 10.2. The fourth-order valence-corrected chi connectivity index (χ4v) is 1.31. The molecule has 1 fully saturated rings. The van der Waals surface area contributed by atoms with Gasteiger partial charge < -0.3 is 0 Å². The first-order valence-electron chi connectivity index (χ1n) is 4.31. The van der Waals surface area contributed by atoms with Crippen molar-refractivity contribution in [2.45, 2.75) is 6.42 Å². The Bertz CT molecular complexity index is 343. The van der Waals surface area contributed by atoms with Gasteiger partial charge in [-0.1, -0.05) is 18.2 Å². The van der Waals surface area contributed by atoms with E-state index in [2.05, 4.69) is 5.43 Å². The fourth-order valence-electron chi connectivity index (χ4n) is 1.31. The molecule has 3 nitrogen and oxygen atoms in total. The van der Waals surface area contributed by atoms with Gasteiger partial charge in [0.15, 0.2) is 6.54 Å². The number of amides is 1. The third-order valence-corrected chi connectivity index (χ3v) is 1.95. The minimum atomic E-state index is 0.0900. The van der Waals surface area contributed by atoms with Crippen LogP contribution in [-0.2, 0) is 4.79 Å². The van der Waals surface area contributed by atoms with Gasteiger partial charge in [-0.05, 0) is 12.1 Å². The lowest BCUT2D eigenvalue weighted by Crippen LogP contribution is -2.25. The second kappa shape index (κ2) is 3.39. The molecule has 0 spiro atoms. The van der Waals surface area contributed by atoms with Crippen LogP contribution >= 0.6 is 0 Å². The predicted molar refractivity (Wildman–Crippen MR) is 49.5 cm³/mol. The van der Waals surface area contributed by atoms with Crippen molar-refractivity contribution in [2.24, 2.45) is 0 Å². The summed E-state index contributed by atoms with van der Waals surface area (Å²) in [6.07, 6.45) is 2.52. The summed E-state index contributed by atoms with van der Waals surface area (Å²) in [6.45, 7) is 0.758. The van der Waals surface area contributed by atoms with Gasteiger partial charge in [0.2, 0.25) is 6.21 Å². The summed E-state index contributed by atoms with van der Waals surface area (Å²) >= 11 is 0. The van der Waals surface area contributed by atoms with Gasteiger partial charge in [0.1, 0.15) is 0 Å². The quantitative estimate of drug-likeness (QED) is 0.621. The molecule has 13 heavy (non-hydrogen) atoms. The molecule has 1 aliphatic rings. The van der Waals surface area contributed by atoms with E-state index >= 15 is 0 Å². The zero-order valence-electron chi connectivity index (χ0n) is 7.23. The first-order valence-corrected chi connectivity index (χ1v) is 4.31. The van der Waals surface area contributed by atoms with Crippen molar-refractivity contribution in [3.8, 4) is 0 Å². The Morgan fingerprint density at radius 1 is 1.31 bits per heavy atom. The number of rotatable bonds is 1. The van der Waals surface area contributed by atoms with Crippen molar-refractivity contribution in [1.82, 2.24) is 5.43 Å². The SMILES string of the molecule is O=C1CC/[N+](=C/c2ccccc2)N1. The van der Waals surface area contributed by atoms with Gasteiger partial charge in [-0.15, -0.1) is 10.1 Å². The smallest absolute Gasteiger partial charge is 0.269 e. The molecule has 1 aromatic rings. The van der Waals surface area contributed by atoms with Crippen molar-refractivity contribution < 1.29 is 9.48 Å². The summed E-state index contributed by atoms with van der Waals surface area (Å²) < 4.78 is 1.82. The molecule has 0 saturated carbocycles. The van der Waals surface area contributed by atoms with Gasteiger partial charge in [0.05, 0.1) is 6.42 Å². The van der Waals surface area contributed by atoms with E-state index in [1.807, 2.05) is 41.2 Å². The number of nitrogens with zero attached hydrogens (tertiary/aromatic N) is 1. The molecule has 0 bridgehead atoms. The number of carbonyl (C=O) groups excluding carboxylic acids is 1. The van der Waals surface area contributed by atoms with Crippen LogP contribution in [0.5, 0.6) is 0 Å². The highest BCUT2D eigenvalue weighted by Crippen LogP contribution is 1.96. The molecular weight excluding hydrogens is 164 g/mol. The van der Waals surface area contributed by atoms with Gasteiger partial charge in [-0.25, -0.2) is 0 Å². The fraction of sp³-hybridized carbons (Fsp3) is 0.200. The van der Waals surface area contributed by atoms with Crippen LogP contribution in [0.2, 0.25) is 0 Å². The monoisotopic (exact) mass is 175 g/mol. The molecule has 1 saturated heterocycles. The number of nitrogens with one attached hydrogen (secondary N) is 1. The number of hydrogen-bond acceptors (Lipinski definition) is 1. The van der Waals surface area contributed by atoms with Gasteiger partial charge in [0.25, 0.3) is 5.91 Å². The van der Waals surface area contributed by atoms with Crippen LogP contribution in [0.25, 0.3) is 0 Å². The Labute approximate surface area is 76.7 Å². The molecule has 0 atom stereocenters. The van der Waals surface area contributed by atoms with Crippen molar-refractivity contribution in [3.63, 3.8) is 0 Å². The van der Waals surface area contributed by atoms with E-state index in [0.717, 1.165) is 12.1 Å². The van der Waals surface area contributed by atoms with E-state index in [9.17, 15) is 4.79 Å². The topological polar surface area (TPSA) is 32.1 Å². The summed E-state index contributed by atoms with van der Waals surface area (Å²) in [6, 6.07) is 9.93. The first kappa shape index (κ1) is 7.98. The molecule has 0 radical (unpaired) electrons. The highest BCUT2D eigenvalue weighted by atomic mass is 16.2. The molecule has 0 aliphatic carbocycles. The van der Waals surface area contributed by atoms with Crippen LogP contribution in [0.3, 0.4) is 0 Å². The van der Waals surface area contributed by atoms with Crippen molar-refractivity contribution >= 4 is 12.1 Å². The molecule has 3 heteroatoms. The summed E-state index contributed by atoms with van der Waals surface area (Å²) in [5, 5.41) is 0. The second-order valence-corrected chi connectivity index (χ2v) is 3.02. The first-order chi connectivity index (χ1) is 6.34. The summed E-state index contributed by atoms with van der Waals surface area (Å²) in [5.74, 6) is 0.0900. The van der Waals surface area contributed by atoms with Gasteiger partial charge in [-0.3, -0.25) is 4.79 Å². The lowest BCUT2D eigenvalue weighted by Gasteiger charge is -1.91. The Morgan fingerprint density at radius 2 is 2.08 bits per heavy atom. The number of carbonyl (C=O) groups is 1. The number of benzene rings is 1. The lowest BCUT2D eigenvalue weighted by molar-refractivity contribution is -0.553. The highest BCUT2D eigenvalue weighted by Gasteiger charge is 2.20. The van der Waals surface area contributed by atoms with Crippen molar-refractivity contribution in [2.75, 3.05) is 6.54 Å². The largest absolute Gasteiger partial charge is 0.280 e. The molecule has 0 unspecified atom stereocenters. The average Bonchev–Trinajstić information content (AvgIpc) is 2.53. The Morgan fingerprint density at radius 3 is 2.69 bits per heavy atom. The molecule has 2 rings (SSSR count). The molecule has 0 aromatic heterocycles. The van der Waals surface area contributed by atoms with Crippen molar-refractivity contribution in [3.05, 3.63) is 35.9 Å². The maximum atomic E-state index is 10.9. The highest BCUT2D eigenvalue weighted by molar-refractivity contribution is 5.79. The van der Waals surface area contributed by atoms with Crippen LogP contribution in [0, 0.1) is 0 Å². The minimum Gasteiger partial charge on any atom is -0.269 e. The third kappa shape index (κ3) is 1.93. The normalized spacial score (nSPS) is 19.1. The number of hydrogen-bond donors (Lipinski definition) is 1. The van der Waals surface area contributed by atoms with E-state index in [4.69, 9.17) is 0 Å². The van der Waals surface area contributed by atoms with E-state index < -0.39 is 0 Å². The van der Waals surface area contributed by atoms with Crippen LogP contribution in [0.15, 0.2) is 30.3 Å². The Hall–Kier alpha value is -1.64. The maximum Gasteiger partial charge on any atom is 0.280 e. The summed E-state index contributed by atoms with van der Waals surface area (Å²) in [4.78, 5) is 10.9. The number of hydrazone groups is 1. The van der Waals surface area contributed by atoms with Gasteiger partial charge >= 0.3 is 0 Å². The average molecular weight is 175 g/mol. The maximum absolute atomic E-state index is 10.9. The van der Waals surface area contributed by atoms with Crippen LogP contribution in [0.1, 0.15) is 12.0 Å². The second-order valence-electron chi connectivity index (χ2n) is 3.02. The standard InChI is InChI=1S/C10H10N2O/c13-10-6-7-12(11-10)8-9-4-2-1-3-5-9/h1-5,8H,6-7H2/p+1/b12-8-. The van der Waals surface area contributed by atoms with Crippen molar-refractivity contribution in [1.29, 1.82) is 0 Å². The predicted octanol–water partition coefficient (Wildman–Crippen LogP) is 0.553. The molecule has 1 heterocycles. The van der Waals surface area contributed by atoms with Crippen LogP contribution in [-0.4, -0.2) is 23.4 Å². The van der Waals surface area contributed by atoms with E-state index in [-0.39, 0.29) is 5.91 Å². The number of hydrazine groups is 1. The third-order valence-electron chi connectivity index (χ3n) is 1.95. The Balaban J connectivity index is 2.17. The zero-order chi connectivity index (χ0) is 9.10. The van der Waals surface area contributed by atoms with Gasteiger partial charge in [-0.2, -0.15) is 0 Å². The summed E-state index contributed by atoms with van der Waals surface area (Å²) in [7, 11) is 0. The molecule has 1 aliphatic heterocycles. The Kier molecular flexibility index (Phi) is 2.08. The van der Waals surface area contributed by atoms with Crippen LogP contribution < -0.4 is 5.43 Å². The molecule has 1 aromatic carbocycles. The van der Waals surface area contributed by atoms with E-state index in [1.165, 1.54) is 0 Å². The van der Waals surface area contributed by atoms with E-state index in [1.54, 1.807) is 0 Å². The molecule has 66 valence electrons. The minimum absolute atomic E-state index is 0.0900. The zero-order valence-corrected chi connectivity index (χ0v) is 7.23. The summed E-state index contributed by atoms with van der Waals surface area (Å²) in [5.41, 5.74) is 3.84. The van der Waals surface area contributed by atoms with Crippen LogP contribution in [0.4, 0.5) is 0 Å². The molecule has 1 amide bonds. The van der Waals surface area contributed by atoms with Gasteiger partial charge in [0, 0.05) is 5.56 Å². The van der Waals surface area contributed by atoms with E-state index in [0.29, 0.717) is 6.42 Å².